The lowest BCUT2D eigenvalue weighted by atomic mass is 9.88. The maximum atomic E-state index is 12.5. The van der Waals surface area contributed by atoms with E-state index in [4.69, 9.17) is 13.9 Å². The van der Waals surface area contributed by atoms with Crippen LogP contribution >= 0.6 is 0 Å². The third kappa shape index (κ3) is 3.62. The van der Waals surface area contributed by atoms with E-state index in [0.29, 0.717) is 18.7 Å². The molecule has 1 fully saturated rings. The number of carbonyl (C=O) groups is 1. The van der Waals surface area contributed by atoms with E-state index in [1.54, 1.807) is 20.3 Å². The second-order valence-electron chi connectivity index (χ2n) is 6.14. The molecule has 2 aromatic rings. The van der Waals surface area contributed by atoms with E-state index in [1.165, 1.54) is 18.1 Å². The topological polar surface area (TPSA) is 51.9 Å². The Morgan fingerprint density at radius 2 is 2.04 bits per heavy atom. The summed E-state index contributed by atoms with van der Waals surface area (Å²) in [6, 6.07) is 9.79. The van der Waals surface area contributed by atoms with Crippen LogP contribution in [-0.4, -0.2) is 44.2 Å². The Kier molecular flexibility index (Phi) is 5.20. The van der Waals surface area contributed by atoms with Crippen LogP contribution in [0.25, 0.3) is 0 Å². The predicted octanol–water partition coefficient (Wildman–Crippen LogP) is 3.01. The number of likely N-dealkylation sites (tertiary alicyclic amines) is 1. The number of rotatable bonds is 5. The van der Waals surface area contributed by atoms with Gasteiger partial charge in [0.15, 0.2) is 0 Å². The molecule has 1 aromatic carbocycles. The van der Waals surface area contributed by atoms with E-state index >= 15 is 0 Å². The molecule has 5 heteroatoms. The van der Waals surface area contributed by atoms with Crippen molar-refractivity contribution in [2.45, 2.75) is 18.9 Å². The smallest absolute Gasteiger partial charge is 0.257 e. The first kappa shape index (κ1) is 16.6. The zero-order valence-corrected chi connectivity index (χ0v) is 14.1. The molecule has 0 unspecified atom stereocenters. The number of ether oxygens (including phenoxy) is 2. The van der Waals surface area contributed by atoms with Gasteiger partial charge in [-0.2, -0.15) is 0 Å². The summed E-state index contributed by atoms with van der Waals surface area (Å²) in [5, 5.41) is 0. The summed E-state index contributed by atoms with van der Waals surface area (Å²) < 4.78 is 15.9. The molecule has 3 rings (SSSR count). The Hall–Kier alpha value is -2.27. The summed E-state index contributed by atoms with van der Waals surface area (Å²) in [4.78, 5) is 14.4. The molecule has 0 radical (unpaired) electrons. The van der Waals surface area contributed by atoms with E-state index in [2.05, 4.69) is 12.1 Å². The summed E-state index contributed by atoms with van der Waals surface area (Å²) in [7, 11) is 3.41. The van der Waals surface area contributed by atoms with Gasteiger partial charge in [0, 0.05) is 26.1 Å². The molecule has 0 saturated carbocycles. The Morgan fingerprint density at radius 3 is 2.67 bits per heavy atom. The highest BCUT2D eigenvalue weighted by Gasteiger charge is 2.32. The average molecular weight is 329 g/mol. The number of nitrogens with zero attached hydrogens (tertiary/aromatic N) is 1. The number of hydrogen-bond donors (Lipinski definition) is 0. The maximum Gasteiger partial charge on any atom is 0.257 e. The first-order valence-corrected chi connectivity index (χ1v) is 8.18. The van der Waals surface area contributed by atoms with Crippen molar-refractivity contribution >= 4 is 5.91 Å². The van der Waals surface area contributed by atoms with Gasteiger partial charge in [-0.3, -0.25) is 4.79 Å². The van der Waals surface area contributed by atoms with Crippen molar-refractivity contribution in [2.75, 3.05) is 27.3 Å². The predicted molar refractivity (Wildman–Crippen MR) is 90.2 cm³/mol. The first-order chi connectivity index (χ1) is 11.7. The summed E-state index contributed by atoms with van der Waals surface area (Å²) in [6.45, 7) is 1.40. The molecule has 1 aliphatic rings. The SMILES string of the molecule is COc1ccc(C[C@@H]2CN(C(=O)c3ccoc3)CC[C@H]2OC)cc1. The van der Waals surface area contributed by atoms with Gasteiger partial charge in [-0.1, -0.05) is 12.1 Å². The van der Waals surface area contributed by atoms with Crippen molar-refractivity contribution in [3.05, 3.63) is 54.0 Å². The van der Waals surface area contributed by atoms with Crippen molar-refractivity contribution < 1.29 is 18.7 Å². The highest BCUT2D eigenvalue weighted by molar-refractivity contribution is 5.93. The summed E-state index contributed by atoms with van der Waals surface area (Å²) in [5.41, 5.74) is 1.83. The fraction of sp³-hybridized carbons (Fsp3) is 0.421. The minimum Gasteiger partial charge on any atom is -0.497 e. The number of benzene rings is 1. The molecule has 0 bridgehead atoms. The number of furan rings is 1. The van der Waals surface area contributed by atoms with Crippen molar-refractivity contribution in [1.29, 1.82) is 0 Å². The number of piperidine rings is 1. The second-order valence-corrected chi connectivity index (χ2v) is 6.14. The molecule has 1 amide bonds. The molecule has 0 aliphatic carbocycles. The van der Waals surface area contributed by atoms with Crippen molar-refractivity contribution in [1.82, 2.24) is 4.90 Å². The molecule has 2 heterocycles. The summed E-state index contributed by atoms with van der Waals surface area (Å²) in [5.74, 6) is 1.15. The van der Waals surface area contributed by atoms with Crippen molar-refractivity contribution in [3.63, 3.8) is 0 Å². The van der Waals surface area contributed by atoms with Gasteiger partial charge in [-0.15, -0.1) is 0 Å². The molecule has 1 aliphatic heterocycles. The zero-order chi connectivity index (χ0) is 16.9. The van der Waals surface area contributed by atoms with E-state index in [-0.39, 0.29) is 17.9 Å². The van der Waals surface area contributed by atoms with Crippen LogP contribution in [-0.2, 0) is 11.2 Å². The molecule has 2 atom stereocenters. The van der Waals surface area contributed by atoms with Crippen molar-refractivity contribution in [2.24, 2.45) is 5.92 Å². The lowest BCUT2D eigenvalue weighted by Crippen LogP contribution is -2.47. The molecule has 0 spiro atoms. The fourth-order valence-corrected chi connectivity index (χ4v) is 3.33. The van der Waals surface area contributed by atoms with E-state index in [9.17, 15) is 4.79 Å². The molecule has 24 heavy (non-hydrogen) atoms. The largest absolute Gasteiger partial charge is 0.497 e. The highest BCUT2D eigenvalue weighted by atomic mass is 16.5. The number of carbonyl (C=O) groups excluding carboxylic acids is 1. The van der Waals surface area contributed by atoms with Crippen LogP contribution < -0.4 is 4.74 Å². The highest BCUT2D eigenvalue weighted by Crippen LogP contribution is 2.25. The Morgan fingerprint density at radius 1 is 1.25 bits per heavy atom. The van der Waals surface area contributed by atoms with Crippen LogP contribution in [0.1, 0.15) is 22.3 Å². The average Bonchev–Trinajstić information content (AvgIpc) is 3.16. The summed E-state index contributed by atoms with van der Waals surface area (Å²) >= 11 is 0. The van der Waals surface area contributed by atoms with E-state index in [0.717, 1.165) is 18.6 Å². The molecular weight excluding hydrogens is 306 g/mol. The molecule has 5 nitrogen and oxygen atoms in total. The van der Waals surface area contributed by atoms with Gasteiger partial charge in [-0.25, -0.2) is 0 Å². The van der Waals surface area contributed by atoms with Gasteiger partial charge in [0.2, 0.25) is 0 Å². The Balaban J connectivity index is 1.69. The lowest BCUT2D eigenvalue weighted by molar-refractivity contribution is -0.00301. The van der Waals surface area contributed by atoms with Gasteiger partial charge < -0.3 is 18.8 Å². The van der Waals surface area contributed by atoms with Crippen LogP contribution in [0, 0.1) is 5.92 Å². The van der Waals surface area contributed by atoms with Crippen LogP contribution in [0.3, 0.4) is 0 Å². The number of hydrogen-bond acceptors (Lipinski definition) is 4. The van der Waals surface area contributed by atoms with Gasteiger partial charge in [0.25, 0.3) is 5.91 Å². The van der Waals surface area contributed by atoms with Gasteiger partial charge >= 0.3 is 0 Å². The maximum absolute atomic E-state index is 12.5. The van der Waals surface area contributed by atoms with Gasteiger partial charge in [0.1, 0.15) is 12.0 Å². The van der Waals surface area contributed by atoms with Gasteiger partial charge in [-0.05, 0) is 36.6 Å². The van der Waals surface area contributed by atoms with Gasteiger partial charge in [0.05, 0.1) is 25.0 Å². The van der Waals surface area contributed by atoms with Crippen LogP contribution in [0.5, 0.6) is 5.75 Å². The van der Waals surface area contributed by atoms with Crippen LogP contribution in [0.2, 0.25) is 0 Å². The molecule has 1 saturated heterocycles. The minimum atomic E-state index is 0.0260. The third-order valence-electron chi connectivity index (χ3n) is 4.68. The van der Waals surface area contributed by atoms with E-state index < -0.39 is 0 Å². The first-order valence-electron chi connectivity index (χ1n) is 8.18. The fourth-order valence-electron chi connectivity index (χ4n) is 3.33. The quantitative estimate of drug-likeness (QED) is 0.846. The Bertz CT molecular complexity index is 651. The van der Waals surface area contributed by atoms with Crippen LogP contribution in [0.15, 0.2) is 47.3 Å². The number of amides is 1. The van der Waals surface area contributed by atoms with Crippen molar-refractivity contribution in [3.8, 4) is 5.75 Å². The third-order valence-corrected chi connectivity index (χ3v) is 4.68. The summed E-state index contributed by atoms with van der Waals surface area (Å²) in [6.07, 6.45) is 4.92. The minimum absolute atomic E-state index is 0.0260. The normalized spacial score (nSPS) is 20.8. The Labute approximate surface area is 142 Å². The number of methoxy groups -OCH3 is 2. The molecule has 128 valence electrons. The lowest BCUT2D eigenvalue weighted by Gasteiger charge is -2.38. The van der Waals surface area contributed by atoms with Crippen LogP contribution in [0.4, 0.5) is 0 Å². The molecule has 1 aromatic heterocycles. The second kappa shape index (κ2) is 7.53. The standard InChI is InChI=1S/C19H23NO4/c1-22-17-5-3-14(4-6-17)11-16-12-20(9-7-18(16)23-2)19(21)15-8-10-24-13-15/h3-6,8,10,13,16,18H,7,9,11-12H2,1-2H3/t16-,18-/m1/s1. The molecular formula is C19H23NO4. The molecule has 0 N–H and O–H groups in total. The zero-order valence-electron chi connectivity index (χ0n) is 14.1. The monoisotopic (exact) mass is 329 g/mol. The van der Waals surface area contributed by atoms with E-state index in [1.807, 2.05) is 17.0 Å².